The first kappa shape index (κ1) is 28.5. The predicted octanol–water partition coefficient (Wildman–Crippen LogP) is 3.81. The van der Waals surface area contributed by atoms with Crippen molar-refractivity contribution in [1.29, 1.82) is 0 Å². The number of carbonyl (C=O) groups excluding carboxylic acids is 4. The molecule has 234 valence electrons. The molecular formula is C35H35N7O4. The Morgan fingerprint density at radius 1 is 0.739 bits per heavy atom. The van der Waals surface area contributed by atoms with Gasteiger partial charge in [-0.1, -0.05) is 11.8 Å². The second-order valence-corrected chi connectivity index (χ2v) is 13.0. The molecule has 11 heteroatoms. The zero-order valence-corrected chi connectivity index (χ0v) is 25.5. The fourth-order valence-corrected chi connectivity index (χ4v) is 7.56. The van der Waals surface area contributed by atoms with E-state index < -0.39 is 6.04 Å². The molecule has 0 spiro atoms. The number of ketones is 1. The van der Waals surface area contributed by atoms with E-state index in [2.05, 4.69) is 27.1 Å². The lowest BCUT2D eigenvalue weighted by atomic mass is 10.1. The third-order valence-electron chi connectivity index (χ3n) is 9.94. The molecule has 3 amide bonds. The smallest absolute Gasteiger partial charge is 0.245 e. The largest absolute Gasteiger partial charge is 0.344 e. The number of rotatable bonds is 4. The van der Waals surface area contributed by atoms with E-state index in [0.29, 0.717) is 45.2 Å². The van der Waals surface area contributed by atoms with Crippen molar-refractivity contribution >= 4 is 45.6 Å². The molecule has 4 atom stereocenters. The van der Waals surface area contributed by atoms with Crippen molar-refractivity contribution in [2.24, 2.45) is 5.92 Å². The molecule has 2 aromatic carbocycles. The van der Waals surface area contributed by atoms with Crippen molar-refractivity contribution < 1.29 is 19.2 Å². The highest BCUT2D eigenvalue weighted by atomic mass is 16.2. The summed E-state index contributed by atoms with van der Waals surface area (Å²) in [5.41, 5.74) is 5.07. The Hall–Kier alpha value is -4.98. The molecule has 3 N–H and O–H groups in total. The summed E-state index contributed by atoms with van der Waals surface area (Å²) in [6.45, 7) is 1.35. The lowest BCUT2D eigenvalue weighted by Gasteiger charge is -2.26. The second kappa shape index (κ2) is 11.4. The number of imidazole rings is 2. The average molecular weight is 618 g/mol. The summed E-state index contributed by atoms with van der Waals surface area (Å²) >= 11 is 0. The summed E-state index contributed by atoms with van der Waals surface area (Å²) in [4.78, 5) is 70.0. The van der Waals surface area contributed by atoms with Crippen LogP contribution in [0.1, 0.15) is 92.6 Å². The Morgan fingerprint density at radius 2 is 1.33 bits per heavy atom. The number of hydrogen-bond acceptors (Lipinski definition) is 6. The van der Waals surface area contributed by atoms with Crippen LogP contribution in [0.5, 0.6) is 0 Å². The highest BCUT2D eigenvalue weighted by Gasteiger charge is 2.39. The molecule has 3 saturated heterocycles. The van der Waals surface area contributed by atoms with Gasteiger partial charge in [-0.15, -0.1) is 0 Å². The van der Waals surface area contributed by atoms with Crippen molar-refractivity contribution in [2.45, 2.75) is 75.9 Å². The van der Waals surface area contributed by atoms with Crippen LogP contribution in [0.3, 0.4) is 0 Å². The summed E-state index contributed by atoms with van der Waals surface area (Å²) in [6.07, 6.45) is 5.95. The summed E-state index contributed by atoms with van der Waals surface area (Å²) in [7, 11) is 0. The molecule has 1 saturated carbocycles. The Labute approximate surface area is 265 Å². The van der Waals surface area contributed by atoms with Gasteiger partial charge < -0.3 is 25.1 Å². The third-order valence-corrected chi connectivity index (χ3v) is 9.94. The van der Waals surface area contributed by atoms with Crippen LogP contribution < -0.4 is 5.32 Å². The number of aromatic nitrogens is 4. The minimum atomic E-state index is -0.442. The number of aromatic amines is 2. The quantitative estimate of drug-likeness (QED) is 0.297. The summed E-state index contributed by atoms with van der Waals surface area (Å²) in [6, 6.07) is 11.1. The normalized spacial score (nSPS) is 24.6. The number of H-pyrrole nitrogens is 2. The molecule has 4 aromatic rings. The fourth-order valence-electron chi connectivity index (χ4n) is 7.56. The van der Waals surface area contributed by atoms with E-state index >= 15 is 0 Å². The molecule has 4 aliphatic rings. The lowest BCUT2D eigenvalue weighted by molar-refractivity contribution is -0.137. The minimum absolute atomic E-state index is 0.0301. The van der Waals surface area contributed by atoms with E-state index in [-0.39, 0.29) is 41.5 Å². The molecule has 2 aromatic heterocycles. The maximum absolute atomic E-state index is 13.2. The van der Waals surface area contributed by atoms with Crippen molar-refractivity contribution in [3.63, 3.8) is 0 Å². The van der Waals surface area contributed by atoms with Gasteiger partial charge in [-0.25, -0.2) is 9.97 Å². The molecule has 46 heavy (non-hydrogen) atoms. The van der Waals surface area contributed by atoms with Crippen LogP contribution in [0.2, 0.25) is 0 Å². The zero-order valence-electron chi connectivity index (χ0n) is 25.5. The number of hydrogen-bond donors (Lipinski definition) is 3. The molecule has 3 aliphatic heterocycles. The van der Waals surface area contributed by atoms with Crippen molar-refractivity contribution in [3.05, 3.63) is 59.2 Å². The number of carbonyl (C=O) groups is 4. The predicted molar refractivity (Wildman–Crippen MR) is 169 cm³/mol. The molecule has 0 bridgehead atoms. The van der Waals surface area contributed by atoms with Gasteiger partial charge in [0.2, 0.25) is 17.7 Å². The third kappa shape index (κ3) is 5.21. The van der Waals surface area contributed by atoms with Gasteiger partial charge in [0.1, 0.15) is 23.5 Å². The molecule has 1 aliphatic carbocycles. The van der Waals surface area contributed by atoms with Gasteiger partial charge in [-0.3, -0.25) is 19.2 Å². The van der Waals surface area contributed by atoms with Crippen LogP contribution in [0.4, 0.5) is 0 Å². The number of benzene rings is 2. The van der Waals surface area contributed by atoms with Crippen LogP contribution in [0, 0.1) is 17.8 Å². The van der Waals surface area contributed by atoms with Gasteiger partial charge in [0.05, 0.1) is 34.2 Å². The Balaban J connectivity index is 0.985. The number of fused-ring (bicyclic) bond motifs is 2. The van der Waals surface area contributed by atoms with Crippen LogP contribution in [0.15, 0.2) is 36.4 Å². The molecule has 5 heterocycles. The first-order chi connectivity index (χ1) is 22.4. The minimum Gasteiger partial charge on any atom is -0.344 e. The number of likely N-dealkylation sites (tertiary alicyclic amines) is 2. The molecule has 0 radical (unpaired) electrons. The van der Waals surface area contributed by atoms with Gasteiger partial charge in [0.15, 0.2) is 0 Å². The average Bonchev–Trinajstić information content (AvgIpc) is 3.90. The Bertz CT molecular complexity index is 1830. The van der Waals surface area contributed by atoms with Crippen molar-refractivity contribution in [2.75, 3.05) is 13.1 Å². The Kier molecular flexibility index (Phi) is 7.08. The van der Waals surface area contributed by atoms with Gasteiger partial charge >= 0.3 is 0 Å². The highest BCUT2D eigenvalue weighted by molar-refractivity contribution is 5.91. The Morgan fingerprint density at radius 3 is 1.85 bits per heavy atom. The number of amides is 3. The van der Waals surface area contributed by atoms with Gasteiger partial charge in [-0.05, 0) is 74.9 Å². The SMILES string of the molecule is O=C1CC[C@H](C(=O)N2CCC[C@H]2c2nc3ccc(C#Cc4ccc5nc([C@@H]6CCCN6C(=O)[C@H]6CCC(=O)N6)[nH]c5c4)cc3[nH]2)C1. The summed E-state index contributed by atoms with van der Waals surface area (Å²) in [5.74, 6) is 8.05. The van der Waals surface area contributed by atoms with Gasteiger partial charge in [0, 0.05) is 49.4 Å². The topological polar surface area (TPSA) is 144 Å². The summed E-state index contributed by atoms with van der Waals surface area (Å²) in [5, 5.41) is 2.80. The van der Waals surface area contributed by atoms with Gasteiger partial charge in [-0.2, -0.15) is 0 Å². The zero-order chi connectivity index (χ0) is 31.4. The molecule has 11 nitrogen and oxygen atoms in total. The van der Waals surface area contributed by atoms with Crippen LogP contribution >= 0.6 is 0 Å². The molecule has 0 unspecified atom stereocenters. The maximum atomic E-state index is 13.2. The van der Waals surface area contributed by atoms with E-state index in [1.165, 1.54) is 0 Å². The molecule has 8 rings (SSSR count). The van der Waals surface area contributed by atoms with Crippen LogP contribution in [-0.2, 0) is 19.2 Å². The van der Waals surface area contributed by atoms with E-state index in [1.54, 1.807) is 0 Å². The van der Waals surface area contributed by atoms with E-state index in [9.17, 15) is 19.2 Å². The van der Waals surface area contributed by atoms with E-state index in [4.69, 9.17) is 9.97 Å². The maximum Gasteiger partial charge on any atom is 0.245 e. The highest BCUT2D eigenvalue weighted by Crippen LogP contribution is 2.36. The first-order valence-electron chi connectivity index (χ1n) is 16.3. The first-order valence-corrected chi connectivity index (χ1v) is 16.3. The lowest BCUT2D eigenvalue weighted by Crippen LogP contribution is -2.44. The van der Waals surface area contributed by atoms with Crippen LogP contribution in [0.25, 0.3) is 22.1 Å². The number of nitrogens with one attached hydrogen (secondary N) is 3. The van der Waals surface area contributed by atoms with Crippen molar-refractivity contribution in [1.82, 2.24) is 35.1 Å². The van der Waals surface area contributed by atoms with Gasteiger partial charge in [0.25, 0.3) is 0 Å². The van der Waals surface area contributed by atoms with Crippen LogP contribution in [-0.4, -0.2) is 72.4 Å². The summed E-state index contributed by atoms with van der Waals surface area (Å²) < 4.78 is 0. The number of Topliss-reactive ketones (excluding diaryl/α,β-unsaturated/α-hetero) is 1. The van der Waals surface area contributed by atoms with E-state index in [1.807, 2.05) is 46.2 Å². The number of nitrogens with zero attached hydrogens (tertiary/aromatic N) is 4. The van der Waals surface area contributed by atoms with Crippen molar-refractivity contribution in [3.8, 4) is 11.8 Å². The monoisotopic (exact) mass is 617 g/mol. The molecule has 4 fully saturated rings. The second-order valence-electron chi connectivity index (χ2n) is 13.0. The fraction of sp³-hybridized carbons (Fsp3) is 0.429. The molecular weight excluding hydrogens is 582 g/mol. The standard InChI is InChI=1S/C35H35N7O4/c43-23-10-9-22(19-23)34(45)41-15-1-3-29(41)32-37-24-11-7-20(17-27(24)39-32)5-6-21-8-12-25-28(18-21)40-33(38-25)30-4-2-16-42(30)35(46)26-13-14-31(44)36-26/h7-8,11-12,17-18,22,26,29-30H,1-4,9-10,13-16,19H2,(H,36,44)(H,37,39)(H,38,40)/t22-,26+,29-,30-/m0/s1. The van der Waals surface area contributed by atoms with E-state index in [0.717, 1.165) is 70.5 Å².